The van der Waals surface area contributed by atoms with Gasteiger partial charge in [0.25, 0.3) is 11.8 Å². The summed E-state index contributed by atoms with van der Waals surface area (Å²) >= 11 is 7.74. The van der Waals surface area contributed by atoms with Crippen molar-refractivity contribution in [1.82, 2.24) is 19.9 Å². The van der Waals surface area contributed by atoms with E-state index < -0.39 is 0 Å². The molecule has 0 atom stereocenters. The van der Waals surface area contributed by atoms with Crippen molar-refractivity contribution in [2.24, 2.45) is 0 Å². The van der Waals surface area contributed by atoms with Crippen molar-refractivity contribution in [1.29, 1.82) is 0 Å². The van der Waals surface area contributed by atoms with Gasteiger partial charge in [0, 0.05) is 11.3 Å². The third-order valence-corrected chi connectivity index (χ3v) is 6.33. The van der Waals surface area contributed by atoms with E-state index in [1.807, 2.05) is 6.92 Å². The monoisotopic (exact) mass is 492 g/mol. The van der Waals surface area contributed by atoms with E-state index in [1.165, 1.54) is 23.8 Å². The van der Waals surface area contributed by atoms with Gasteiger partial charge in [0.2, 0.25) is 0 Å². The zero-order valence-corrected chi connectivity index (χ0v) is 19.5. The molecule has 0 radical (unpaired) electrons. The lowest BCUT2D eigenvalue weighted by Gasteiger charge is -2.07. The van der Waals surface area contributed by atoms with Crippen molar-refractivity contribution < 1.29 is 14.0 Å². The minimum absolute atomic E-state index is 0.197. The van der Waals surface area contributed by atoms with E-state index in [2.05, 4.69) is 30.6 Å². The molecule has 0 spiro atoms. The zero-order valence-electron chi connectivity index (χ0n) is 18.0. The molecule has 0 saturated carbocycles. The highest BCUT2D eigenvalue weighted by Crippen LogP contribution is 2.31. The Hall–Kier alpha value is -4.02. The third-order valence-electron chi connectivity index (χ3n) is 4.93. The topological polar surface area (TPSA) is 126 Å². The van der Waals surface area contributed by atoms with Crippen LogP contribution in [0.25, 0.3) is 22.6 Å². The van der Waals surface area contributed by atoms with Crippen LogP contribution in [0.15, 0.2) is 53.3 Å². The van der Waals surface area contributed by atoms with E-state index >= 15 is 0 Å². The number of imidazole rings is 1. The van der Waals surface area contributed by atoms with Crippen molar-refractivity contribution in [2.45, 2.75) is 13.8 Å². The minimum atomic E-state index is -0.378. The SMILES string of the molecule is Cc1nc(C)c(C(=O)Nc2cnc3nc(-c4cc(NC(=O)c5ccco5)ccc4Cl)[nH]c3c2)s1. The molecule has 0 aliphatic carbocycles. The van der Waals surface area contributed by atoms with Crippen LogP contribution in [0, 0.1) is 13.8 Å². The van der Waals surface area contributed by atoms with Gasteiger partial charge in [0.05, 0.1) is 39.4 Å². The summed E-state index contributed by atoms with van der Waals surface area (Å²) in [6.45, 7) is 3.66. The van der Waals surface area contributed by atoms with Crippen LogP contribution in [0.3, 0.4) is 0 Å². The smallest absolute Gasteiger partial charge is 0.291 e. The number of fused-ring (bicyclic) bond motifs is 1. The zero-order chi connectivity index (χ0) is 23.8. The van der Waals surface area contributed by atoms with Gasteiger partial charge >= 0.3 is 0 Å². The molecule has 2 amide bonds. The molecule has 4 aromatic heterocycles. The number of aromatic amines is 1. The van der Waals surface area contributed by atoms with Crippen LogP contribution in [0.1, 0.15) is 30.9 Å². The second kappa shape index (κ2) is 8.73. The first-order chi connectivity index (χ1) is 16.4. The Morgan fingerprint density at radius 2 is 1.88 bits per heavy atom. The molecule has 9 nitrogen and oxygen atoms in total. The van der Waals surface area contributed by atoms with Crippen molar-refractivity contribution in [3.8, 4) is 11.4 Å². The Kier molecular flexibility index (Phi) is 5.60. The van der Waals surface area contributed by atoms with Crippen LogP contribution in [0.4, 0.5) is 11.4 Å². The average molecular weight is 493 g/mol. The van der Waals surface area contributed by atoms with Crippen LogP contribution in [0.5, 0.6) is 0 Å². The standard InChI is InChI=1S/C23H17ClN6O3S/c1-11-19(34-12(2)26-11)23(32)28-14-9-17-21(25-10-14)30-20(29-17)15-8-13(5-6-16(15)24)27-22(31)18-4-3-7-33-18/h3-10H,1-2H3,(H,27,31)(H,28,32)(H,25,29,30). The van der Waals surface area contributed by atoms with Crippen LogP contribution in [0.2, 0.25) is 5.02 Å². The molecular formula is C23H17ClN6O3S. The largest absolute Gasteiger partial charge is 0.459 e. The highest BCUT2D eigenvalue weighted by molar-refractivity contribution is 7.13. The number of furan rings is 1. The van der Waals surface area contributed by atoms with Gasteiger partial charge in [0.1, 0.15) is 10.7 Å². The Balaban J connectivity index is 1.40. The fraction of sp³-hybridized carbons (Fsp3) is 0.0870. The van der Waals surface area contributed by atoms with E-state index in [4.69, 9.17) is 16.0 Å². The molecule has 11 heteroatoms. The molecule has 170 valence electrons. The number of aromatic nitrogens is 4. The normalized spacial score (nSPS) is 11.0. The van der Waals surface area contributed by atoms with Crippen molar-refractivity contribution in [3.05, 3.63) is 75.2 Å². The van der Waals surface area contributed by atoms with E-state index in [9.17, 15) is 9.59 Å². The number of anilines is 2. The predicted octanol–water partition coefficient (Wildman–Crippen LogP) is 5.45. The quantitative estimate of drug-likeness (QED) is 0.299. The van der Waals surface area contributed by atoms with Gasteiger partial charge in [-0.15, -0.1) is 11.3 Å². The first-order valence-corrected chi connectivity index (χ1v) is 11.3. The number of nitrogens with zero attached hydrogens (tertiary/aromatic N) is 3. The maximum Gasteiger partial charge on any atom is 0.291 e. The van der Waals surface area contributed by atoms with Gasteiger partial charge in [-0.1, -0.05) is 11.6 Å². The molecule has 0 bridgehead atoms. The van der Waals surface area contributed by atoms with Gasteiger partial charge in [0.15, 0.2) is 11.4 Å². The fourth-order valence-corrected chi connectivity index (χ4v) is 4.43. The Morgan fingerprint density at radius 3 is 2.62 bits per heavy atom. The first-order valence-electron chi connectivity index (χ1n) is 10.1. The number of benzene rings is 1. The van der Waals surface area contributed by atoms with Gasteiger partial charge in [-0.05, 0) is 50.2 Å². The molecule has 5 aromatic rings. The fourth-order valence-electron chi connectivity index (χ4n) is 3.41. The molecule has 0 fully saturated rings. The first kappa shape index (κ1) is 21.8. The summed E-state index contributed by atoms with van der Waals surface area (Å²) in [5.74, 6) is 0.0463. The summed E-state index contributed by atoms with van der Waals surface area (Å²) in [6.07, 6.45) is 2.97. The van der Waals surface area contributed by atoms with Gasteiger partial charge in [-0.25, -0.2) is 15.0 Å². The number of hydrogen-bond donors (Lipinski definition) is 3. The average Bonchev–Trinajstić information content (AvgIpc) is 3.54. The van der Waals surface area contributed by atoms with Gasteiger partial charge in [-0.2, -0.15) is 0 Å². The van der Waals surface area contributed by atoms with Crippen LogP contribution in [-0.2, 0) is 0 Å². The Labute approximate surface area is 202 Å². The lowest BCUT2D eigenvalue weighted by Crippen LogP contribution is -2.11. The Morgan fingerprint density at radius 1 is 1.06 bits per heavy atom. The number of H-pyrrole nitrogens is 1. The highest BCUT2D eigenvalue weighted by atomic mass is 35.5. The lowest BCUT2D eigenvalue weighted by molar-refractivity contribution is 0.0994. The van der Waals surface area contributed by atoms with Gasteiger partial charge in [-0.3, -0.25) is 9.59 Å². The number of thiazole rings is 1. The molecule has 3 N–H and O–H groups in total. The molecule has 1 aromatic carbocycles. The highest BCUT2D eigenvalue weighted by Gasteiger charge is 2.16. The number of carbonyl (C=O) groups is 2. The number of rotatable bonds is 5. The number of nitrogens with one attached hydrogen (secondary N) is 3. The second-order valence-corrected chi connectivity index (χ2v) is 9.02. The lowest BCUT2D eigenvalue weighted by atomic mass is 10.2. The maximum absolute atomic E-state index is 12.6. The summed E-state index contributed by atoms with van der Waals surface area (Å²) in [4.78, 5) is 41.8. The van der Waals surface area contributed by atoms with Gasteiger partial charge < -0.3 is 20.0 Å². The molecule has 0 saturated heterocycles. The van der Waals surface area contributed by atoms with Crippen molar-refractivity contribution in [2.75, 3.05) is 10.6 Å². The van der Waals surface area contributed by atoms with E-state index in [0.717, 1.165) is 5.01 Å². The molecular weight excluding hydrogens is 476 g/mol. The van der Waals surface area contributed by atoms with Crippen molar-refractivity contribution >= 4 is 57.3 Å². The Bertz CT molecular complexity index is 1540. The third kappa shape index (κ3) is 4.28. The molecule has 0 aliphatic rings. The van der Waals surface area contributed by atoms with E-state index in [-0.39, 0.29) is 17.6 Å². The molecule has 0 unspecified atom stereocenters. The number of pyridine rings is 1. The second-order valence-electron chi connectivity index (χ2n) is 7.41. The summed E-state index contributed by atoms with van der Waals surface area (Å²) < 4.78 is 5.12. The number of hydrogen-bond acceptors (Lipinski definition) is 7. The van der Waals surface area contributed by atoms with E-state index in [0.29, 0.717) is 49.5 Å². The van der Waals surface area contributed by atoms with Crippen LogP contribution < -0.4 is 10.6 Å². The molecule has 34 heavy (non-hydrogen) atoms. The summed E-state index contributed by atoms with van der Waals surface area (Å²) in [5.41, 5.74) is 3.39. The maximum atomic E-state index is 12.6. The summed E-state index contributed by atoms with van der Waals surface area (Å²) in [7, 11) is 0. The minimum Gasteiger partial charge on any atom is -0.459 e. The summed E-state index contributed by atoms with van der Waals surface area (Å²) in [5, 5.41) is 6.89. The van der Waals surface area contributed by atoms with Crippen LogP contribution in [-0.4, -0.2) is 31.8 Å². The number of halogens is 1. The van der Waals surface area contributed by atoms with Crippen molar-refractivity contribution in [3.63, 3.8) is 0 Å². The number of carbonyl (C=O) groups excluding carboxylic acids is 2. The molecule has 0 aliphatic heterocycles. The predicted molar refractivity (Wildman–Crippen MR) is 131 cm³/mol. The number of aryl methyl sites for hydroxylation is 2. The van der Waals surface area contributed by atoms with Crippen LogP contribution >= 0.6 is 22.9 Å². The summed E-state index contributed by atoms with van der Waals surface area (Å²) in [6, 6.07) is 10.0. The number of amides is 2. The molecule has 4 heterocycles. The van der Waals surface area contributed by atoms with E-state index in [1.54, 1.807) is 43.3 Å². The molecule has 5 rings (SSSR count).